The van der Waals surface area contributed by atoms with Crippen LogP contribution >= 0.6 is 23.2 Å². The van der Waals surface area contributed by atoms with Crippen LogP contribution in [0.3, 0.4) is 0 Å². The van der Waals surface area contributed by atoms with Crippen molar-refractivity contribution in [3.63, 3.8) is 0 Å². The minimum absolute atomic E-state index is 0.462. The van der Waals surface area contributed by atoms with E-state index in [1.54, 1.807) is 18.2 Å². The second-order valence-corrected chi connectivity index (χ2v) is 3.31. The molecule has 2 nitrogen and oxygen atoms in total. The van der Waals surface area contributed by atoms with Crippen LogP contribution in [0.5, 0.6) is 0 Å². The van der Waals surface area contributed by atoms with Gasteiger partial charge in [-0.2, -0.15) is 0 Å². The zero-order valence-electron chi connectivity index (χ0n) is 6.42. The molecule has 2 rings (SSSR count). The molecule has 0 saturated heterocycles. The van der Waals surface area contributed by atoms with Crippen molar-refractivity contribution in [2.75, 3.05) is 0 Å². The van der Waals surface area contributed by atoms with Crippen molar-refractivity contribution >= 4 is 23.2 Å². The normalized spacial score (nSPS) is 10.3. The molecule has 0 aliphatic carbocycles. The van der Waals surface area contributed by atoms with E-state index in [9.17, 15) is 0 Å². The number of benzene rings is 1. The Balaban J connectivity index is 2.53. The average molecular weight is 213 g/mol. The van der Waals surface area contributed by atoms with Crippen LogP contribution in [0.1, 0.15) is 0 Å². The lowest BCUT2D eigenvalue weighted by Gasteiger charge is -1.97. The summed E-state index contributed by atoms with van der Waals surface area (Å²) in [6.45, 7) is 0. The van der Waals surface area contributed by atoms with Crippen LogP contribution in [0.4, 0.5) is 0 Å². The van der Waals surface area contributed by atoms with Gasteiger partial charge < -0.3 is 4.42 Å². The van der Waals surface area contributed by atoms with Crippen LogP contribution in [-0.4, -0.2) is 4.98 Å². The van der Waals surface area contributed by atoms with Gasteiger partial charge >= 0.3 is 0 Å². The first kappa shape index (κ1) is 8.60. The van der Waals surface area contributed by atoms with E-state index < -0.39 is 0 Å². The van der Waals surface area contributed by atoms with Crippen LogP contribution in [0.15, 0.2) is 28.9 Å². The van der Waals surface area contributed by atoms with E-state index in [-0.39, 0.29) is 0 Å². The summed E-state index contributed by atoms with van der Waals surface area (Å²) in [6.07, 6.45) is 3.94. The first-order chi connectivity index (χ1) is 6.25. The maximum atomic E-state index is 5.80. The summed E-state index contributed by atoms with van der Waals surface area (Å²) in [5.74, 6) is 0.462. The van der Waals surface area contributed by atoms with E-state index in [4.69, 9.17) is 27.6 Å². The lowest BCUT2D eigenvalue weighted by atomic mass is 10.2. The van der Waals surface area contributed by atoms with Crippen LogP contribution in [0.25, 0.3) is 11.5 Å². The molecule has 13 heavy (non-hydrogen) atoms. The third-order valence-corrected chi connectivity index (χ3v) is 1.94. The number of aromatic nitrogens is 1. The Labute approximate surface area is 85.1 Å². The van der Waals surface area contributed by atoms with Gasteiger partial charge in [0.25, 0.3) is 0 Å². The maximum absolute atomic E-state index is 5.80. The number of halogens is 2. The molecule has 0 N–H and O–H groups in total. The second-order valence-electron chi connectivity index (χ2n) is 2.44. The van der Waals surface area contributed by atoms with E-state index in [0.717, 1.165) is 5.56 Å². The number of hydrogen-bond acceptors (Lipinski definition) is 2. The summed E-state index contributed by atoms with van der Waals surface area (Å²) < 4.78 is 5.05. The van der Waals surface area contributed by atoms with Gasteiger partial charge in [0, 0.05) is 15.6 Å². The quantitative estimate of drug-likeness (QED) is 0.724. The fourth-order valence-electron chi connectivity index (χ4n) is 1.00. The summed E-state index contributed by atoms with van der Waals surface area (Å²) in [4.78, 5) is 3.86. The third kappa shape index (κ3) is 1.85. The van der Waals surface area contributed by atoms with Gasteiger partial charge in [0.2, 0.25) is 5.89 Å². The van der Waals surface area contributed by atoms with Crippen molar-refractivity contribution < 1.29 is 4.42 Å². The molecule has 0 bridgehead atoms. The average Bonchev–Trinajstić information content (AvgIpc) is 2.53. The highest BCUT2D eigenvalue weighted by atomic mass is 35.5. The molecule has 0 saturated carbocycles. The van der Waals surface area contributed by atoms with E-state index in [1.807, 2.05) is 0 Å². The van der Waals surface area contributed by atoms with Crippen molar-refractivity contribution in [2.24, 2.45) is 0 Å². The zero-order valence-corrected chi connectivity index (χ0v) is 7.93. The van der Waals surface area contributed by atoms with Gasteiger partial charge in [-0.15, -0.1) is 0 Å². The topological polar surface area (TPSA) is 26.0 Å². The predicted octanol–water partition coefficient (Wildman–Crippen LogP) is 3.45. The molecule has 0 spiro atoms. The number of rotatable bonds is 1. The number of hydrogen-bond donors (Lipinski definition) is 0. The highest BCUT2D eigenvalue weighted by Gasteiger charge is 2.04. The fraction of sp³-hybridized carbons (Fsp3) is 0. The number of oxazole rings is 1. The Morgan fingerprint density at radius 3 is 2.38 bits per heavy atom. The maximum Gasteiger partial charge on any atom is 0.226 e. The first-order valence-electron chi connectivity index (χ1n) is 3.54. The van der Waals surface area contributed by atoms with Crippen molar-refractivity contribution in [1.82, 2.24) is 4.98 Å². The molecular formula is C9H4Cl2NO. The van der Waals surface area contributed by atoms with Crippen LogP contribution in [0, 0.1) is 6.20 Å². The molecule has 65 valence electrons. The van der Waals surface area contributed by atoms with Gasteiger partial charge in [-0.1, -0.05) is 23.2 Å². The molecule has 1 heterocycles. The highest BCUT2D eigenvalue weighted by Crippen LogP contribution is 2.25. The van der Waals surface area contributed by atoms with Crippen molar-refractivity contribution in [2.45, 2.75) is 0 Å². The van der Waals surface area contributed by atoms with Gasteiger partial charge in [-0.05, 0) is 18.2 Å². The number of nitrogens with zero attached hydrogens (tertiary/aromatic N) is 1. The molecule has 0 unspecified atom stereocenters. The van der Waals surface area contributed by atoms with Gasteiger partial charge in [0.15, 0.2) is 0 Å². The first-order valence-corrected chi connectivity index (χ1v) is 4.29. The molecule has 4 heteroatoms. The Hall–Kier alpha value is -0.990. The van der Waals surface area contributed by atoms with E-state index >= 15 is 0 Å². The van der Waals surface area contributed by atoms with E-state index in [0.29, 0.717) is 15.9 Å². The van der Waals surface area contributed by atoms with Crippen LogP contribution < -0.4 is 0 Å². The zero-order chi connectivity index (χ0) is 9.26. The second kappa shape index (κ2) is 3.40. The van der Waals surface area contributed by atoms with Crippen molar-refractivity contribution in [1.29, 1.82) is 0 Å². The van der Waals surface area contributed by atoms with Gasteiger partial charge in [-0.3, -0.25) is 0 Å². The molecule has 0 amide bonds. The van der Waals surface area contributed by atoms with Crippen molar-refractivity contribution in [3.05, 3.63) is 40.7 Å². The van der Waals surface area contributed by atoms with Crippen LogP contribution in [0.2, 0.25) is 10.0 Å². The summed E-state index contributed by atoms with van der Waals surface area (Å²) >= 11 is 11.6. The highest BCUT2D eigenvalue weighted by molar-refractivity contribution is 6.35. The molecule has 0 aliphatic rings. The predicted molar refractivity (Wildman–Crippen MR) is 50.8 cm³/mol. The molecule has 0 atom stereocenters. The van der Waals surface area contributed by atoms with E-state index in [2.05, 4.69) is 11.2 Å². The largest absolute Gasteiger partial charge is 0.444 e. The van der Waals surface area contributed by atoms with Crippen molar-refractivity contribution in [3.8, 4) is 11.5 Å². The Bertz CT molecular complexity index is 391. The monoisotopic (exact) mass is 212 g/mol. The lowest BCUT2D eigenvalue weighted by molar-refractivity contribution is 0.574. The molecule has 1 radical (unpaired) electrons. The minimum Gasteiger partial charge on any atom is -0.444 e. The summed E-state index contributed by atoms with van der Waals surface area (Å²) in [5, 5.41) is 1.11. The Morgan fingerprint density at radius 1 is 1.15 bits per heavy atom. The molecule has 0 fully saturated rings. The molecular weight excluding hydrogens is 209 g/mol. The lowest BCUT2D eigenvalue weighted by Crippen LogP contribution is -1.77. The standard InChI is InChI=1S/C9H4Cl2NO/c10-7-3-6(4-8(11)5-7)9-12-1-2-13-9/h2-5H. The fourth-order valence-corrected chi connectivity index (χ4v) is 1.53. The van der Waals surface area contributed by atoms with Gasteiger partial charge in [0.1, 0.15) is 12.5 Å². The summed E-state index contributed by atoms with van der Waals surface area (Å²) in [6, 6.07) is 5.11. The summed E-state index contributed by atoms with van der Waals surface area (Å²) in [7, 11) is 0. The Morgan fingerprint density at radius 2 is 1.85 bits per heavy atom. The third-order valence-electron chi connectivity index (χ3n) is 1.50. The minimum atomic E-state index is 0.462. The molecule has 2 aromatic rings. The molecule has 1 aromatic carbocycles. The van der Waals surface area contributed by atoms with Gasteiger partial charge in [0.05, 0.1) is 0 Å². The van der Waals surface area contributed by atoms with E-state index in [1.165, 1.54) is 6.26 Å². The van der Waals surface area contributed by atoms with Crippen LogP contribution in [-0.2, 0) is 0 Å². The SMILES string of the molecule is Clc1cc(Cl)cc(-c2n[c]co2)c1. The Kier molecular flexibility index (Phi) is 2.25. The molecule has 1 aromatic heterocycles. The van der Waals surface area contributed by atoms with Gasteiger partial charge in [-0.25, -0.2) is 4.98 Å². The molecule has 0 aliphatic heterocycles. The summed E-state index contributed by atoms with van der Waals surface area (Å²) in [5.41, 5.74) is 0.749. The smallest absolute Gasteiger partial charge is 0.226 e.